The first-order valence-electron chi connectivity index (χ1n) is 6.29. The highest BCUT2D eigenvalue weighted by molar-refractivity contribution is 7.92. The smallest absolute Gasteiger partial charge is 0.263 e. The maximum Gasteiger partial charge on any atom is 0.263 e. The van der Waals surface area contributed by atoms with Gasteiger partial charge in [-0.05, 0) is 30.7 Å². The third kappa shape index (κ3) is 3.58. The fourth-order valence-corrected chi connectivity index (χ4v) is 3.12. The number of benzene rings is 1. The molecule has 1 aromatic carbocycles. The molecular formula is C14H14N4O3S. The molecule has 0 aliphatic carbocycles. The summed E-state index contributed by atoms with van der Waals surface area (Å²) in [5.41, 5.74) is 1.45. The summed E-state index contributed by atoms with van der Waals surface area (Å²) in [6.07, 6.45) is 1.26. The predicted molar refractivity (Wildman–Crippen MR) is 79.4 cm³/mol. The third-order valence-corrected chi connectivity index (χ3v) is 4.36. The molecule has 2 rings (SSSR count). The quantitative estimate of drug-likeness (QED) is 0.897. The average Bonchev–Trinajstić information content (AvgIpc) is 2.47. The van der Waals surface area contributed by atoms with Crippen molar-refractivity contribution >= 4 is 15.8 Å². The van der Waals surface area contributed by atoms with Crippen LogP contribution in [0.25, 0.3) is 0 Å². The van der Waals surface area contributed by atoms with Crippen LogP contribution in [-0.4, -0.2) is 25.5 Å². The lowest BCUT2D eigenvalue weighted by atomic mass is 10.2. The molecule has 1 heterocycles. The van der Waals surface area contributed by atoms with Gasteiger partial charge in [-0.25, -0.2) is 18.4 Å². The Balaban J connectivity index is 2.32. The molecule has 8 heteroatoms. The maximum atomic E-state index is 12.4. The second kappa shape index (κ2) is 6.51. The summed E-state index contributed by atoms with van der Waals surface area (Å²) in [5, 5.41) is 8.83. The zero-order chi connectivity index (χ0) is 16.2. The Hall–Kier alpha value is -2.50. The Labute approximate surface area is 128 Å². The van der Waals surface area contributed by atoms with Gasteiger partial charge >= 0.3 is 0 Å². The zero-order valence-electron chi connectivity index (χ0n) is 12.1. The van der Waals surface area contributed by atoms with Crippen LogP contribution in [0.3, 0.4) is 0 Å². The maximum absolute atomic E-state index is 12.4. The summed E-state index contributed by atoms with van der Waals surface area (Å²) in [5.74, 6) is 0.158. The molecular weight excluding hydrogens is 304 g/mol. The van der Waals surface area contributed by atoms with Crippen molar-refractivity contribution in [3.63, 3.8) is 0 Å². The van der Waals surface area contributed by atoms with Gasteiger partial charge < -0.3 is 4.74 Å². The Morgan fingerprint density at radius 2 is 2.09 bits per heavy atom. The number of anilines is 1. The summed E-state index contributed by atoms with van der Waals surface area (Å²) in [6, 6.07) is 7.84. The first-order chi connectivity index (χ1) is 10.5. The van der Waals surface area contributed by atoms with E-state index >= 15 is 0 Å². The van der Waals surface area contributed by atoms with Crippen molar-refractivity contribution in [3.05, 3.63) is 47.4 Å². The molecule has 0 saturated carbocycles. The second-order valence-corrected chi connectivity index (χ2v) is 6.18. The van der Waals surface area contributed by atoms with Crippen LogP contribution >= 0.6 is 0 Å². The van der Waals surface area contributed by atoms with Gasteiger partial charge in [0, 0.05) is 13.2 Å². The standard InChI is InChI=1S/C14H14N4O3S/c1-10-5-11(7-15)3-4-13(10)22(19,20)18-14-6-12(8-21-2)16-9-17-14/h3-6,9H,8H2,1-2H3,(H,16,17,18). The highest BCUT2D eigenvalue weighted by Gasteiger charge is 2.18. The molecule has 1 N–H and O–H groups in total. The van der Waals surface area contributed by atoms with E-state index in [1.54, 1.807) is 6.92 Å². The molecule has 114 valence electrons. The SMILES string of the molecule is COCc1cc(NS(=O)(=O)c2ccc(C#N)cc2C)ncn1. The van der Waals surface area contributed by atoms with Gasteiger partial charge in [-0.15, -0.1) is 0 Å². The summed E-state index contributed by atoms with van der Waals surface area (Å²) >= 11 is 0. The fraction of sp³-hybridized carbons (Fsp3) is 0.214. The normalized spacial score (nSPS) is 11.0. The highest BCUT2D eigenvalue weighted by atomic mass is 32.2. The van der Waals surface area contributed by atoms with Crippen LogP contribution in [0.4, 0.5) is 5.82 Å². The number of ether oxygens (including phenoxy) is 1. The van der Waals surface area contributed by atoms with E-state index in [0.717, 1.165) is 0 Å². The largest absolute Gasteiger partial charge is 0.378 e. The van der Waals surface area contributed by atoms with E-state index in [4.69, 9.17) is 10.00 Å². The Morgan fingerprint density at radius 1 is 1.32 bits per heavy atom. The third-order valence-electron chi connectivity index (χ3n) is 2.85. The number of nitrogens with one attached hydrogen (secondary N) is 1. The van der Waals surface area contributed by atoms with Crippen LogP contribution in [0.5, 0.6) is 0 Å². The van der Waals surface area contributed by atoms with E-state index in [0.29, 0.717) is 16.8 Å². The topological polar surface area (TPSA) is 105 Å². The molecule has 22 heavy (non-hydrogen) atoms. The molecule has 0 aliphatic rings. The Kier molecular flexibility index (Phi) is 4.70. The van der Waals surface area contributed by atoms with Crippen LogP contribution in [-0.2, 0) is 21.4 Å². The molecule has 0 bridgehead atoms. The molecule has 0 unspecified atom stereocenters. The van der Waals surface area contributed by atoms with Gasteiger partial charge in [-0.2, -0.15) is 5.26 Å². The van der Waals surface area contributed by atoms with Gasteiger partial charge in [-0.3, -0.25) is 4.72 Å². The second-order valence-electron chi connectivity index (χ2n) is 4.53. The molecule has 0 atom stereocenters. The number of aryl methyl sites for hydroxylation is 1. The molecule has 0 spiro atoms. The van der Waals surface area contributed by atoms with Crippen LogP contribution in [0.2, 0.25) is 0 Å². The molecule has 0 fully saturated rings. The van der Waals surface area contributed by atoms with Gasteiger partial charge in [0.25, 0.3) is 10.0 Å². The van der Waals surface area contributed by atoms with Crippen molar-refractivity contribution in [2.75, 3.05) is 11.8 Å². The van der Waals surface area contributed by atoms with Gasteiger partial charge in [0.15, 0.2) is 0 Å². The van der Waals surface area contributed by atoms with E-state index in [-0.39, 0.29) is 17.3 Å². The lowest BCUT2D eigenvalue weighted by molar-refractivity contribution is 0.181. The van der Waals surface area contributed by atoms with Crippen LogP contribution in [0.1, 0.15) is 16.8 Å². The average molecular weight is 318 g/mol. The predicted octanol–water partition coefficient (Wildman–Crippen LogP) is 1.60. The minimum absolute atomic E-state index is 0.0957. The minimum atomic E-state index is -3.79. The lowest BCUT2D eigenvalue weighted by Gasteiger charge is -2.10. The van der Waals surface area contributed by atoms with E-state index in [1.807, 2.05) is 6.07 Å². The fourth-order valence-electron chi connectivity index (χ4n) is 1.89. The van der Waals surface area contributed by atoms with E-state index in [2.05, 4.69) is 14.7 Å². The van der Waals surface area contributed by atoms with Gasteiger partial charge in [-0.1, -0.05) is 0 Å². The van der Waals surface area contributed by atoms with Crippen molar-refractivity contribution in [1.29, 1.82) is 5.26 Å². The van der Waals surface area contributed by atoms with E-state index in [9.17, 15) is 8.42 Å². The molecule has 7 nitrogen and oxygen atoms in total. The van der Waals surface area contributed by atoms with Crippen molar-refractivity contribution in [2.24, 2.45) is 0 Å². The van der Waals surface area contributed by atoms with Gasteiger partial charge in [0.05, 0.1) is 28.8 Å². The molecule has 0 amide bonds. The summed E-state index contributed by atoms with van der Waals surface area (Å²) in [6.45, 7) is 1.89. The number of rotatable bonds is 5. The molecule has 1 aromatic heterocycles. The Morgan fingerprint density at radius 3 is 2.73 bits per heavy atom. The van der Waals surface area contributed by atoms with E-state index < -0.39 is 10.0 Å². The summed E-state index contributed by atoms with van der Waals surface area (Å²) < 4.78 is 32.1. The monoisotopic (exact) mass is 318 g/mol. The number of hydrogen-bond donors (Lipinski definition) is 1. The first kappa shape index (κ1) is 15.9. The highest BCUT2D eigenvalue weighted by Crippen LogP contribution is 2.19. The zero-order valence-corrected chi connectivity index (χ0v) is 12.9. The van der Waals surface area contributed by atoms with Crippen molar-refractivity contribution in [1.82, 2.24) is 9.97 Å². The number of methoxy groups -OCH3 is 1. The van der Waals surface area contributed by atoms with E-state index in [1.165, 1.54) is 37.7 Å². The number of hydrogen-bond acceptors (Lipinski definition) is 6. The van der Waals surface area contributed by atoms with Crippen LogP contribution in [0, 0.1) is 18.3 Å². The molecule has 0 radical (unpaired) electrons. The van der Waals surface area contributed by atoms with Crippen molar-refractivity contribution < 1.29 is 13.2 Å². The molecule has 2 aromatic rings. The van der Waals surface area contributed by atoms with Crippen LogP contribution in [0.15, 0.2) is 35.5 Å². The Bertz CT molecular complexity index is 828. The van der Waals surface area contributed by atoms with Crippen LogP contribution < -0.4 is 4.72 Å². The molecule has 0 aliphatic heterocycles. The van der Waals surface area contributed by atoms with Gasteiger partial charge in [0.1, 0.15) is 12.1 Å². The van der Waals surface area contributed by atoms with Gasteiger partial charge in [0.2, 0.25) is 0 Å². The van der Waals surface area contributed by atoms with Crippen molar-refractivity contribution in [3.8, 4) is 6.07 Å². The minimum Gasteiger partial charge on any atom is -0.378 e. The lowest BCUT2D eigenvalue weighted by Crippen LogP contribution is -2.15. The number of nitriles is 1. The summed E-state index contributed by atoms with van der Waals surface area (Å²) in [7, 11) is -2.27. The molecule has 0 saturated heterocycles. The number of sulfonamides is 1. The number of nitrogens with zero attached hydrogens (tertiary/aromatic N) is 3. The van der Waals surface area contributed by atoms with Crippen molar-refractivity contribution in [2.45, 2.75) is 18.4 Å². The number of aromatic nitrogens is 2. The first-order valence-corrected chi connectivity index (χ1v) is 7.78. The summed E-state index contributed by atoms with van der Waals surface area (Å²) in [4.78, 5) is 7.95.